The third-order valence-electron chi connectivity index (χ3n) is 2.86. The van der Waals surface area contributed by atoms with Gasteiger partial charge in [0.2, 0.25) is 0 Å². The summed E-state index contributed by atoms with van der Waals surface area (Å²) < 4.78 is 32.4. The van der Waals surface area contributed by atoms with Crippen molar-refractivity contribution in [1.82, 2.24) is 20.2 Å². The van der Waals surface area contributed by atoms with E-state index >= 15 is 0 Å². The minimum atomic E-state index is -3.62. The number of aryl methyl sites for hydroxylation is 1. The van der Waals surface area contributed by atoms with Gasteiger partial charge in [0, 0.05) is 24.3 Å². The molecule has 0 aliphatic carbocycles. The summed E-state index contributed by atoms with van der Waals surface area (Å²) in [7, 11) is -3.62. The highest BCUT2D eigenvalue weighted by molar-refractivity contribution is 7.89. The standard InChI is InChI=1S/C13H26N4O3S/c1-5-6-14-9-12-11(4)16-17-13(12)21(18,19)15-7-8-20-10(2)3/h10,14-15H,5-9H2,1-4H3,(H,16,17). The second kappa shape index (κ2) is 8.47. The van der Waals surface area contributed by atoms with Crippen LogP contribution in [0.3, 0.4) is 0 Å². The third kappa shape index (κ3) is 5.74. The first-order valence-corrected chi connectivity index (χ1v) is 8.72. The number of aromatic amines is 1. The summed E-state index contributed by atoms with van der Waals surface area (Å²) in [6, 6.07) is 0. The molecule has 1 aromatic rings. The first-order chi connectivity index (χ1) is 9.88. The van der Waals surface area contributed by atoms with E-state index in [0.717, 1.165) is 18.7 Å². The van der Waals surface area contributed by atoms with Gasteiger partial charge >= 0.3 is 0 Å². The molecule has 1 rings (SSSR count). The molecular weight excluding hydrogens is 292 g/mol. The van der Waals surface area contributed by atoms with Crippen LogP contribution in [0.15, 0.2) is 5.03 Å². The normalized spacial score (nSPS) is 12.2. The Balaban J connectivity index is 2.69. The maximum atomic E-state index is 12.3. The first-order valence-electron chi connectivity index (χ1n) is 7.24. The molecule has 0 aliphatic rings. The Morgan fingerprint density at radius 3 is 2.67 bits per heavy atom. The van der Waals surface area contributed by atoms with Gasteiger partial charge in [-0.05, 0) is 33.7 Å². The van der Waals surface area contributed by atoms with Crippen molar-refractivity contribution >= 4 is 10.0 Å². The zero-order valence-corrected chi connectivity index (χ0v) is 14.0. The van der Waals surface area contributed by atoms with Gasteiger partial charge in [0.25, 0.3) is 10.0 Å². The third-order valence-corrected chi connectivity index (χ3v) is 4.30. The molecule has 0 atom stereocenters. The highest BCUT2D eigenvalue weighted by atomic mass is 32.2. The molecule has 0 bridgehead atoms. The molecule has 0 fully saturated rings. The summed E-state index contributed by atoms with van der Waals surface area (Å²) in [4.78, 5) is 0. The van der Waals surface area contributed by atoms with Crippen molar-refractivity contribution in [2.24, 2.45) is 0 Å². The fourth-order valence-electron chi connectivity index (χ4n) is 1.79. The average Bonchev–Trinajstić information content (AvgIpc) is 2.77. The average molecular weight is 318 g/mol. The van der Waals surface area contributed by atoms with E-state index in [2.05, 4.69) is 27.2 Å². The summed E-state index contributed by atoms with van der Waals surface area (Å²) in [6.45, 7) is 9.57. The van der Waals surface area contributed by atoms with E-state index in [-0.39, 0.29) is 17.7 Å². The Morgan fingerprint density at radius 2 is 2.05 bits per heavy atom. The zero-order valence-electron chi connectivity index (χ0n) is 13.2. The van der Waals surface area contributed by atoms with Gasteiger partial charge in [-0.25, -0.2) is 13.1 Å². The Labute approximate surface area is 126 Å². The molecule has 0 saturated heterocycles. The summed E-state index contributed by atoms with van der Waals surface area (Å²) in [5, 5.41) is 9.92. The molecule has 0 radical (unpaired) electrons. The molecule has 0 spiro atoms. The van der Waals surface area contributed by atoms with Gasteiger partial charge in [-0.2, -0.15) is 5.10 Å². The molecule has 7 nitrogen and oxygen atoms in total. The Bertz CT molecular complexity index is 526. The van der Waals surface area contributed by atoms with Gasteiger partial charge < -0.3 is 10.1 Å². The quantitative estimate of drug-likeness (QED) is 0.558. The lowest BCUT2D eigenvalue weighted by Gasteiger charge is -2.09. The number of rotatable bonds is 10. The van der Waals surface area contributed by atoms with Gasteiger partial charge in [0.1, 0.15) is 0 Å². The van der Waals surface area contributed by atoms with Gasteiger partial charge in [-0.1, -0.05) is 6.92 Å². The number of hydrogen-bond donors (Lipinski definition) is 3. The van der Waals surface area contributed by atoms with E-state index in [1.807, 2.05) is 20.8 Å². The molecule has 3 N–H and O–H groups in total. The number of hydrogen-bond acceptors (Lipinski definition) is 5. The molecule has 21 heavy (non-hydrogen) atoms. The monoisotopic (exact) mass is 318 g/mol. The van der Waals surface area contributed by atoms with Crippen LogP contribution >= 0.6 is 0 Å². The van der Waals surface area contributed by atoms with Crippen molar-refractivity contribution in [1.29, 1.82) is 0 Å². The van der Waals surface area contributed by atoms with Crippen LogP contribution in [-0.2, 0) is 21.3 Å². The maximum Gasteiger partial charge on any atom is 0.260 e. The lowest BCUT2D eigenvalue weighted by atomic mass is 10.2. The predicted molar refractivity (Wildman–Crippen MR) is 81.6 cm³/mol. The molecule has 1 heterocycles. The zero-order chi connectivity index (χ0) is 15.9. The topological polar surface area (TPSA) is 96.1 Å². The van der Waals surface area contributed by atoms with Crippen LogP contribution in [0.25, 0.3) is 0 Å². The number of aromatic nitrogens is 2. The molecule has 122 valence electrons. The largest absolute Gasteiger partial charge is 0.377 e. The summed E-state index contributed by atoms with van der Waals surface area (Å²) in [5.74, 6) is 0. The lowest BCUT2D eigenvalue weighted by molar-refractivity contribution is 0.0833. The van der Waals surface area contributed by atoms with E-state index in [4.69, 9.17) is 4.74 Å². The van der Waals surface area contributed by atoms with E-state index in [0.29, 0.717) is 18.7 Å². The lowest BCUT2D eigenvalue weighted by Crippen LogP contribution is -2.29. The van der Waals surface area contributed by atoms with Gasteiger partial charge in [-0.3, -0.25) is 5.10 Å². The van der Waals surface area contributed by atoms with Crippen molar-refractivity contribution in [2.45, 2.75) is 51.8 Å². The van der Waals surface area contributed by atoms with Gasteiger partial charge in [-0.15, -0.1) is 0 Å². The Morgan fingerprint density at radius 1 is 1.33 bits per heavy atom. The molecule has 0 amide bonds. The van der Waals surface area contributed by atoms with E-state index in [1.165, 1.54) is 0 Å². The van der Waals surface area contributed by atoms with Crippen LogP contribution in [0.4, 0.5) is 0 Å². The van der Waals surface area contributed by atoms with Crippen molar-refractivity contribution in [2.75, 3.05) is 19.7 Å². The molecular formula is C13H26N4O3S. The molecule has 8 heteroatoms. The predicted octanol–water partition coefficient (Wildman–Crippen LogP) is 0.921. The van der Waals surface area contributed by atoms with Crippen LogP contribution < -0.4 is 10.0 Å². The Hall–Kier alpha value is -0.960. The number of sulfonamides is 1. The van der Waals surface area contributed by atoms with Crippen LogP contribution in [0.2, 0.25) is 0 Å². The summed E-state index contributed by atoms with van der Waals surface area (Å²) in [5.41, 5.74) is 1.44. The molecule has 0 aromatic carbocycles. The van der Waals surface area contributed by atoms with Gasteiger partial charge in [0.15, 0.2) is 5.03 Å². The smallest absolute Gasteiger partial charge is 0.260 e. The molecule has 0 aliphatic heterocycles. The fraction of sp³-hybridized carbons (Fsp3) is 0.769. The first kappa shape index (κ1) is 18.1. The molecule has 0 saturated carbocycles. The number of ether oxygens (including phenoxy) is 1. The fourth-order valence-corrected chi connectivity index (χ4v) is 2.99. The molecule has 0 unspecified atom stereocenters. The number of nitrogens with zero attached hydrogens (tertiary/aromatic N) is 1. The second-order valence-electron chi connectivity index (χ2n) is 5.13. The van der Waals surface area contributed by atoms with Crippen molar-refractivity contribution in [3.05, 3.63) is 11.3 Å². The van der Waals surface area contributed by atoms with E-state index in [9.17, 15) is 8.42 Å². The second-order valence-corrected chi connectivity index (χ2v) is 6.81. The number of H-pyrrole nitrogens is 1. The van der Waals surface area contributed by atoms with Crippen LogP contribution in [0, 0.1) is 6.92 Å². The highest BCUT2D eigenvalue weighted by Gasteiger charge is 2.23. The van der Waals surface area contributed by atoms with Gasteiger partial charge in [0.05, 0.1) is 12.7 Å². The van der Waals surface area contributed by atoms with E-state index < -0.39 is 10.0 Å². The highest BCUT2D eigenvalue weighted by Crippen LogP contribution is 2.15. The van der Waals surface area contributed by atoms with E-state index in [1.54, 1.807) is 0 Å². The minimum Gasteiger partial charge on any atom is -0.377 e. The SMILES string of the molecule is CCCNCc1c(S(=O)(=O)NCCOC(C)C)n[nH]c1C. The minimum absolute atomic E-state index is 0.0631. The van der Waals surface area contributed by atoms with Crippen LogP contribution in [-0.4, -0.2) is 44.4 Å². The van der Waals surface area contributed by atoms with Crippen LogP contribution in [0.5, 0.6) is 0 Å². The molecule has 1 aromatic heterocycles. The number of nitrogens with one attached hydrogen (secondary N) is 3. The van der Waals surface area contributed by atoms with Crippen molar-refractivity contribution in [3.8, 4) is 0 Å². The maximum absolute atomic E-state index is 12.3. The van der Waals surface area contributed by atoms with Crippen molar-refractivity contribution < 1.29 is 13.2 Å². The Kier molecular flexibility index (Phi) is 7.30. The van der Waals surface area contributed by atoms with Crippen LogP contribution in [0.1, 0.15) is 38.4 Å². The summed E-state index contributed by atoms with van der Waals surface area (Å²) >= 11 is 0. The van der Waals surface area contributed by atoms with Crippen molar-refractivity contribution in [3.63, 3.8) is 0 Å². The summed E-state index contributed by atoms with van der Waals surface area (Å²) in [6.07, 6.45) is 1.07.